The summed E-state index contributed by atoms with van der Waals surface area (Å²) in [5, 5.41) is 3.90. The number of rotatable bonds is 6. The lowest BCUT2D eigenvalue weighted by atomic mass is 10.1. The maximum atomic E-state index is 14.2. The fourth-order valence-corrected chi connectivity index (χ4v) is 3.24. The van der Waals surface area contributed by atoms with Gasteiger partial charge in [-0.1, -0.05) is 29.3 Å². The SMILES string of the molecule is CCCCOc1ccc(Br)cc1/C=C1\C(=O)N(c2c(F)c(F)c(F)c(F)c2F)N=C1C. The van der Waals surface area contributed by atoms with Crippen molar-refractivity contribution >= 4 is 39.3 Å². The fourth-order valence-electron chi connectivity index (χ4n) is 2.86. The molecule has 0 bridgehead atoms. The zero-order valence-electron chi connectivity index (χ0n) is 16.4. The third kappa shape index (κ3) is 4.34. The smallest absolute Gasteiger partial charge is 0.280 e. The highest BCUT2D eigenvalue weighted by atomic mass is 79.9. The van der Waals surface area contributed by atoms with Crippen molar-refractivity contribution in [2.24, 2.45) is 5.10 Å². The number of nitrogens with zero attached hydrogens (tertiary/aromatic N) is 2. The summed E-state index contributed by atoms with van der Waals surface area (Å²) in [6.07, 6.45) is 3.10. The van der Waals surface area contributed by atoms with Crippen LogP contribution in [0.1, 0.15) is 32.3 Å². The molecule has 164 valence electrons. The summed E-state index contributed by atoms with van der Waals surface area (Å²) in [5.41, 5.74) is -1.00. The predicted octanol–water partition coefficient (Wildman–Crippen LogP) is 6.13. The number of carbonyl (C=O) groups excluding carboxylic acids is 1. The summed E-state index contributed by atoms with van der Waals surface area (Å²) in [6, 6.07) is 5.08. The standard InChI is InChI=1S/C21H16BrF5N2O2/c1-3-4-7-31-14-6-5-12(22)8-11(14)9-13-10(2)28-29(21(13)30)20-18(26)16(24)15(23)17(25)19(20)27/h5-6,8-9H,3-4,7H2,1-2H3/b13-9-. The maximum Gasteiger partial charge on any atom is 0.280 e. The van der Waals surface area contributed by atoms with Crippen molar-refractivity contribution in [3.8, 4) is 5.75 Å². The number of unbranched alkanes of at least 4 members (excludes halogenated alkanes) is 1. The van der Waals surface area contributed by atoms with Gasteiger partial charge in [0, 0.05) is 10.0 Å². The first-order chi connectivity index (χ1) is 14.7. The van der Waals surface area contributed by atoms with Crippen molar-refractivity contribution in [3.63, 3.8) is 0 Å². The molecule has 31 heavy (non-hydrogen) atoms. The van der Waals surface area contributed by atoms with Gasteiger partial charge in [-0.2, -0.15) is 10.1 Å². The number of benzene rings is 2. The number of hydrogen-bond donors (Lipinski definition) is 0. The number of carbonyl (C=O) groups is 1. The number of hydrogen-bond acceptors (Lipinski definition) is 3. The van der Waals surface area contributed by atoms with E-state index in [1.165, 1.54) is 13.0 Å². The van der Waals surface area contributed by atoms with Crippen molar-refractivity contribution in [2.45, 2.75) is 26.7 Å². The van der Waals surface area contributed by atoms with Crippen LogP contribution in [0.5, 0.6) is 5.75 Å². The van der Waals surface area contributed by atoms with Crippen LogP contribution in [-0.4, -0.2) is 18.2 Å². The first-order valence-corrected chi connectivity index (χ1v) is 10.0. The topological polar surface area (TPSA) is 41.9 Å². The second kappa shape index (κ2) is 9.17. The van der Waals surface area contributed by atoms with E-state index in [9.17, 15) is 26.7 Å². The third-order valence-electron chi connectivity index (χ3n) is 4.49. The highest BCUT2D eigenvalue weighted by Crippen LogP contribution is 2.35. The number of hydrazone groups is 1. The monoisotopic (exact) mass is 502 g/mol. The van der Waals surface area contributed by atoms with Crippen molar-refractivity contribution in [1.29, 1.82) is 0 Å². The van der Waals surface area contributed by atoms with E-state index in [4.69, 9.17) is 4.74 Å². The average Bonchev–Trinajstić information content (AvgIpc) is 3.01. The quantitative estimate of drug-likeness (QED) is 0.157. The largest absolute Gasteiger partial charge is 0.493 e. The molecule has 0 N–H and O–H groups in total. The molecular formula is C21H16BrF5N2O2. The molecular weight excluding hydrogens is 487 g/mol. The van der Waals surface area contributed by atoms with E-state index in [0.29, 0.717) is 22.4 Å². The van der Waals surface area contributed by atoms with Crippen LogP contribution in [0.3, 0.4) is 0 Å². The van der Waals surface area contributed by atoms with E-state index >= 15 is 0 Å². The Hall–Kier alpha value is -2.75. The van der Waals surface area contributed by atoms with Crippen molar-refractivity contribution in [3.05, 3.63) is 62.9 Å². The second-order valence-electron chi connectivity index (χ2n) is 6.66. The van der Waals surface area contributed by atoms with E-state index in [2.05, 4.69) is 21.0 Å². The van der Waals surface area contributed by atoms with Crippen LogP contribution in [0.4, 0.5) is 27.6 Å². The predicted molar refractivity (Wildman–Crippen MR) is 109 cm³/mol. The molecule has 1 aliphatic heterocycles. The number of halogens is 6. The molecule has 0 atom stereocenters. The molecule has 0 unspecified atom stereocenters. The van der Waals surface area contributed by atoms with Gasteiger partial charge in [-0.05, 0) is 37.6 Å². The number of anilines is 1. The number of amides is 1. The Labute approximate surface area is 183 Å². The first-order valence-electron chi connectivity index (χ1n) is 9.22. The molecule has 0 spiro atoms. The lowest BCUT2D eigenvalue weighted by molar-refractivity contribution is -0.114. The molecule has 2 aromatic rings. The molecule has 3 rings (SSSR count). The van der Waals surface area contributed by atoms with Crippen molar-refractivity contribution < 1.29 is 31.5 Å². The Morgan fingerprint density at radius 3 is 2.29 bits per heavy atom. The highest BCUT2D eigenvalue weighted by Gasteiger charge is 2.37. The van der Waals surface area contributed by atoms with Gasteiger partial charge in [0.15, 0.2) is 23.3 Å². The molecule has 4 nitrogen and oxygen atoms in total. The van der Waals surface area contributed by atoms with Crippen LogP contribution >= 0.6 is 15.9 Å². The normalized spacial score (nSPS) is 15.1. The van der Waals surface area contributed by atoms with Gasteiger partial charge in [0.05, 0.1) is 17.9 Å². The summed E-state index contributed by atoms with van der Waals surface area (Å²) in [6.45, 7) is 3.82. The third-order valence-corrected chi connectivity index (χ3v) is 4.98. The average molecular weight is 503 g/mol. The van der Waals surface area contributed by atoms with Gasteiger partial charge in [-0.25, -0.2) is 22.0 Å². The van der Waals surface area contributed by atoms with E-state index in [1.54, 1.807) is 18.2 Å². The highest BCUT2D eigenvalue weighted by molar-refractivity contribution is 9.10. The Kier molecular flexibility index (Phi) is 6.78. The molecule has 2 aromatic carbocycles. The molecule has 0 radical (unpaired) electrons. The van der Waals surface area contributed by atoms with E-state index < -0.39 is 40.7 Å². The summed E-state index contributed by atoms with van der Waals surface area (Å²) in [7, 11) is 0. The van der Waals surface area contributed by atoms with Crippen LogP contribution in [-0.2, 0) is 4.79 Å². The Balaban J connectivity index is 2.04. The molecule has 10 heteroatoms. The lowest BCUT2D eigenvalue weighted by Crippen LogP contribution is -2.25. The van der Waals surface area contributed by atoms with E-state index in [-0.39, 0.29) is 16.3 Å². The van der Waals surface area contributed by atoms with Gasteiger partial charge < -0.3 is 4.74 Å². The van der Waals surface area contributed by atoms with Crippen LogP contribution in [0.15, 0.2) is 33.3 Å². The van der Waals surface area contributed by atoms with Gasteiger partial charge >= 0.3 is 0 Å². The summed E-state index contributed by atoms with van der Waals surface area (Å²) in [5.74, 6) is -11.5. The van der Waals surface area contributed by atoms with Crippen molar-refractivity contribution in [2.75, 3.05) is 11.6 Å². The summed E-state index contributed by atoms with van der Waals surface area (Å²) >= 11 is 3.32. The lowest BCUT2D eigenvalue weighted by Gasteiger charge is -2.15. The Bertz CT molecular complexity index is 1090. The fraction of sp³-hybridized carbons (Fsp3) is 0.238. The van der Waals surface area contributed by atoms with Crippen molar-refractivity contribution in [1.82, 2.24) is 0 Å². The molecule has 0 aromatic heterocycles. The van der Waals surface area contributed by atoms with Gasteiger partial charge in [0.25, 0.3) is 5.91 Å². The second-order valence-corrected chi connectivity index (χ2v) is 7.58. The minimum atomic E-state index is -2.31. The van der Waals surface area contributed by atoms with E-state index in [1.807, 2.05) is 6.92 Å². The maximum absolute atomic E-state index is 14.2. The Morgan fingerprint density at radius 2 is 1.68 bits per heavy atom. The minimum absolute atomic E-state index is 0.0356. The van der Waals surface area contributed by atoms with Gasteiger partial charge in [0.2, 0.25) is 5.82 Å². The molecule has 1 heterocycles. The minimum Gasteiger partial charge on any atom is -0.493 e. The summed E-state index contributed by atoms with van der Waals surface area (Å²) < 4.78 is 75.2. The molecule has 0 aliphatic carbocycles. The molecule has 0 saturated heterocycles. The van der Waals surface area contributed by atoms with Crippen LogP contribution < -0.4 is 9.75 Å². The van der Waals surface area contributed by atoms with Crippen LogP contribution in [0.2, 0.25) is 0 Å². The zero-order chi connectivity index (χ0) is 22.9. The van der Waals surface area contributed by atoms with Crippen LogP contribution in [0, 0.1) is 29.1 Å². The molecule has 0 saturated carbocycles. The number of ether oxygens (including phenoxy) is 1. The van der Waals surface area contributed by atoms with E-state index in [0.717, 1.165) is 12.8 Å². The first kappa shape index (κ1) is 22.9. The molecule has 1 aliphatic rings. The van der Waals surface area contributed by atoms with Crippen LogP contribution in [0.25, 0.3) is 6.08 Å². The van der Waals surface area contributed by atoms with Gasteiger partial charge in [-0.15, -0.1) is 0 Å². The summed E-state index contributed by atoms with van der Waals surface area (Å²) in [4.78, 5) is 12.8. The van der Waals surface area contributed by atoms with Gasteiger partial charge in [0.1, 0.15) is 11.4 Å². The zero-order valence-corrected chi connectivity index (χ0v) is 18.0. The molecule has 0 fully saturated rings. The molecule has 1 amide bonds. The Morgan fingerprint density at radius 1 is 1.06 bits per heavy atom. The van der Waals surface area contributed by atoms with Gasteiger partial charge in [-0.3, -0.25) is 4.79 Å².